The molecule has 322 valence electrons. The maximum Gasteiger partial charge on any atom is 0.220 e. The van der Waals surface area contributed by atoms with Crippen LogP contribution in [0.2, 0.25) is 0 Å². The van der Waals surface area contributed by atoms with E-state index in [2.05, 4.69) is 116 Å². The van der Waals surface area contributed by atoms with E-state index < -0.39 is 49.5 Å². The van der Waals surface area contributed by atoms with Crippen molar-refractivity contribution in [3.05, 3.63) is 109 Å². The summed E-state index contributed by atoms with van der Waals surface area (Å²) in [5.41, 5.74) is 0. The van der Waals surface area contributed by atoms with Crippen molar-refractivity contribution >= 4 is 5.91 Å². The van der Waals surface area contributed by atoms with Crippen LogP contribution in [0.15, 0.2) is 109 Å². The molecular weight excluding hydrogens is 719 g/mol. The zero-order valence-electron chi connectivity index (χ0n) is 35.0. The van der Waals surface area contributed by atoms with Gasteiger partial charge in [0.05, 0.1) is 25.4 Å². The first-order valence-corrected chi connectivity index (χ1v) is 21.6. The van der Waals surface area contributed by atoms with E-state index in [1.807, 2.05) is 6.08 Å². The normalized spacial score (nSPS) is 22.1. The Hall–Kier alpha value is -3.15. The van der Waals surface area contributed by atoms with Gasteiger partial charge in [0.1, 0.15) is 24.4 Å². The molecular formula is C48H77NO8. The van der Waals surface area contributed by atoms with Crippen molar-refractivity contribution in [3.8, 4) is 0 Å². The van der Waals surface area contributed by atoms with Crippen molar-refractivity contribution in [1.29, 1.82) is 0 Å². The SMILES string of the molecule is CC/C=C\C/C=C\C/C=C\C/C=C\C/C=C\C/C=C\C/C=C\CCCCCCCC(=O)NC(COC1OC(CO)C(O)C(O)C1O)C(O)/C=C/CC/C=C/CCC. The molecule has 0 spiro atoms. The molecule has 1 fully saturated rings. The van der Waals surface area contributed by atoms with E-state index in [0.29, 0.717) is 6.42 Å². The van der Waals surface area contributed by atoms with Gasteiger partial charge in [-0.15, -0.1) is 0 Å². The number of allylic oxidation sites excluding steroid dienone is 17. The number of ether oxygens (including phenoxy) is 2. The van der Waals surface area contributed by atoms with Crippen LogP contribution < -0.4 is 5.32 Å². The van der Waals surface area contributed by atoms with Crippen LogP contribution in [0.3, 0.4) is 0 Å². The van der Waals surface area contributed by atoms with Crippen LogP contribution in [0.25, 0.3) is 0 Å². The third-order valence-electron chi connectivity index (χ3n) is 9.31. The summed E-state index contributed by atoms with van der Waals surface area (Å²) in [5.74, 6) is -0.218. The summed E-state index contributed by atoms with van der Waals surface area (Å²) >= 11 is 0. The second-order valence-electron chi connectivity index (χ2n) is 14.4. The van der Waals surface area contributed by atoms with Crippen LogP contribution in [0.5, 0.6) is 0 Å². The molecule has 57 heavy (non-hydrogen) atoms. The molecule has 1 rings (SSSR count). The average Bonchev–Trinajstić information content (AvgIpc) is 3.21. The van der Waals surface area contributed by atoms with Crippen LogP contribution in [0, 0.1) is 0 Å². The lowest BCUT2D eigenvalue weighted by molar-refractivity contribution is -0.302. The number of hydrogen-bond acceptors (Lipinski definition) is 8. The summed E-state index contributed by atoms with van der Waals surface area (Å²) in [6, 6.07) is -0.837. The summed E-state index contributed by atoms with van der Waals surface area (Å²) < 4.78 is 11.1. The number of aliphatic hydroxyl groups excluding tert-OH is 5. The second kappa shape index (κ2) is 37.1. The molecule has 0 aliphatic carbocycles. The molecule has 6 N–H and O–H groups in total. The van der Waals surface area contributed by atoms with Crippen molar-refractivity contribution in [2.45, 2.75) is 172 Å². The number of aliphatic hydroxyl groups is 5. The number of hydrogen-bond donors (Lipinski definition) is 6. The Morgan fingerprint density at radius 1 is 0.614 bits per heavy atom. The quantitative estimate of drug-likeness (QED) is 0.0286. The maximum absolute atomic E-state index is 12.9. The van der Waals surface area contributed by atoms with Gasteiger partial charge in [-0.2, -0.15) is 0 Å². The Balaban J connectivity index is 2.27. The Labute approximate surface area is 345 Å². The van der Waals surface area contributed by atoms with Crippen LogP contribution in [0.1, 0.15) is 129 Å². The highest BCUT2D eigenvalue weighted by molar-refractivity contribution is 5.76. The van der Waals surface area contributed by atoms with Gasteiger partial charge < -0.3 is 40.3 Å². The predicted molar refractivity (Wildman–Crippen MR) is 234 cm³/mol. The standard InChI is InChI=1S/C48H77NO8/c1-3-5-7-9-11-12-13-14-15-16-17-18-19-20-21-22-23-24-25-26-27-28-29-30-32-34-36-38-44(52)49-41(42(51)37-35-33-31-10-8-6-4-2)40-56-48-47(55)46(54)45(53)43(39-50)57-48/h5,7-8,10-12,14-15,17-18,20-21,23-24,26-27,35,37,41-43,45-48,50-51,53-55H,3-4,6,9,13,16,19,22,25,28-34,36,38-40H2,1-2H3,(H,49,52)/b7-5-,10-8+,12-11-,15-14-,18-17-,21-20-,24-23-,27-26-,37-35+. The highest BCUT2D eigenvalue weighted by Gasteiger charge is 2.44. The van der Waals surface area contributed by atoms with Crippen molar-refractivity contribution in [3.63, 3.8) is 0 Å². The molecule has 0 aromatic carbocycles. The van der Waals surface area contributed by atoms with Gasteiger partial charge in [-0.1, -0.05) is 149 Å². The molecule has 1 aliphatic rings. The van der Waals surface area contributed by atoms with E-state index >= 15 is 0 Å². The van der Waals surface area contributed by atoms with E-state index in [4.69, 9.17) is 9.47 Å². The first-order chi connectivity index (χ1) is 27.8. The van der Waals surface area contributed by atoms with Crippen LogP contribution >= 0.6 is 0 Å². The largest absolute Gasteiger partial charge is 0.394 e. The van der Waals surface area contributed by atoms with E-state index in [1.54, 1.807) is 6.08 Å². The Morgan fingerprint density at radius 3 is 1.67 bits per heavy atom. The highest BCUT2D eigenvalue weighted by Crippen LogP contribution is 2.22. The van der Waals surface area contributed by atoms with Gasteiger partial charge in [-0.25, -0.2) is 0 Å². The fourth-order valence-electron chi connectivity index (χ4n) is 5.86. The van der Waals surface area contributed by atoms with E-state index in [0.717, 1.165) is 109 Å². The first kappa shape index (κ1) is 51.9. The number of amides is 1. The fourth-order valence-corrected chi connectivity index (χ4v) is 5.86. The molecule has 9 nitrogen and oxygen atoms in total. The summed E-state index contributed by atoms with van der Waals surface area (Å²) in [5, 5.41) is 53.8. The first-order valence-electron chi connectivity index (χ1n) is 21.6. The van der Waals surface area contributed by atoms with E-state index in [9.17, 15) is 30.3 Å². The molecule has 0 radical (unpaired) electrons. The Kier molecular flexibility index (Phi) is 33.8. The van der Waals surface area contributed by atoms with E-state index in [-0.39, 0.29) is 12.5 Å². The predicted octanol–water partition coefficient (Wildman–Crippen LogP) is 8.72. The molecule has 0 aromatic rings. The minimum absolute atomic E-state index is 0.218. The summed E-state index contributed by atoms with van der Waals surface area (Å²) in [6.45, 7) is 3.48. The zero-order chi connectivity index (χ0) is 41.6. The lowest BCUT2D eigenvalue weighted by atomic mass is 9.99. The van der Waals surface area contributed by atoms with Crippen LogP contribution in [0.4, 0.5) is 0 Å². The summed E-state index contributed by atoms with van der Waals surface area (Å²) in [7, 11) is 0. The topological polar surface area (TPSA) is 149 Å². The maximum atomic E-state index is 12.9. The molecule has 1 aliphatic heterocycles. The second-order valence-corrected chi connectivity index (χ2v) is 14.4. The smallest absolute Gasteiger partial charge is 0.220 e. The lowest BCUT2D eigenvalue weighted by Crippen LogP contribution is -2.60. The van der Waals surface area contributed by atoms with Gasteiger partial charge in [0, 0.05) is 6.42 Å². The number of nitrogens with one attached hydrogen (secondary N) is 1. The van der Waals surface area contributed by atoms with Crippen LogP contribution in [-0.4, -0.2) is 87.5 Å². The van der Waals surface area contributed by atoms with E-state index in [1.165, 1.54) is 0 Å². The molecule has 1 amide bonds. The highest BCUT2D eigenvalue weighted by atomic mass is 16.7. The molecule has 7 atom stereocenters. The lowest BCUT2D eigenvalue weighted by Gasteiger charge is -2.40. The molecule has 0 bridgehead atoms. The zero-order valence-corrected chi connectivity index (χ0v) is 35.0. The van der Waals surface area contributed by atoms with Crippen molar-refractivity contribution in [1.82, 2.24) is 5.32 Å². The van der Waals surface area contributed by atoms with Crippen molar-refractivity contribution < 1.29 is 39.8 Å². The molecule has 1 saturated heterocycles. The summed E-state index contributed by atoms with van der Waals surface area (Å²) in [6.07, 6.45) is 47.4. The third kappa shape index (κ3) is 28.0. The van der Waals surface area contributed by atoms with Gasteiger partial charge >= 0.3 is 0 Å². The molecule has 9 heteroatoms. The Bertz CT molecular complexity index is 1250. The molecule has 7 unspecified atom stereocenters. The molecule has 0 aromatic heterocycles. The van der Waals surface area contributed by atoms with Gasteiger partial charge in [-0.3, -0.25) is 4.79 Å². The van der Waals surface area contributed by atoms with Gasteiger partial charge in [0.25, 0.3) is 0 Å². The number of unbranched alkanes of at least 4 members (excludes halogenated alkanes) is 7. The molecule has 1 heterocycles. The Morgan fingerprint density at radius 2 is 1.11 bits per heavy atom. The summed E-state index contributed by atoms with van der Waals surface area (Å²) in [4.78, 5) is 12.9. The monoisotopic (exact) mass is 796 g/mol. The third-order valence-corrected chi connectivity index (χ3v) is 9.31. The van der Waals surface area contributed by atoms with Crippen molar-refractivity contribution in [2.75, 3.05) is 13.2 Å². The van der Waals surface area contributed by atoms with Crippen LogP contribution in [-0.2, 0) is 14.3 Å². The minimum Gasteiger partial charge on any atom is -0.394 e. The fraction of sp³-hybridized carbons (Fsp3) is 0.604. The van der Waals surface area contributed by atoms with Gasteiger partial charge in [-0.05, 0) is 83.5 Å². The van der Waals surface area contributed by atoms with Gasteiger partial charge in [0.15, 0.2) is 6.29 Å². The average molecular weight is 796 g/mol. The number of carbonyl (C=O) groups excluding carboxylic acids is 1. The number of rotatable bonds is 33. The molecule has 0 saturated carbocycles. The number of carbonyl (C=O) groups is 1. The van der Waals surface area contributed by atoms with Crippen molar-refractivity contribution in [2.24, 2.45) is 0 Å². The van der Waals surface area contributed by atoms with Gasteiger partial charge in [0.2, 0.25) is 5.91 Å². The minimum atomic E-state index is -1.58.